The highest BCUT2D eigenvalue weighted by Crippen LogP contribution is 2.41. The van der Waals surface area contributed by atoms with E-state index in [1.54, 1.807) is 0 Å². The highest BCUT2D eigenvalue weighted by atomic mass is 32.1. The molecule has 3 aromatic rings. The predicted octanol–water partition coefficient (Wildman–Crippen LogP) is 5.19. The second-order valence-electron chi connectivity index (χ2n) is 11.4. The van der Waals surface area contributed by atoms with Crippen molar-refractivity contribution in [1.29, 1.82) is 0 Å². The Bertz CT molecular complexity index is 1210. The van der Waals surface area contributed by atoms with Gasteiger partial charge in [-0.05, 0) is 41.4 Å². The lowest BCUT2D eigenvalue weighted by Gasteiger charge is -2.43. The molecular formula is C31H36O6SSi. The zero-order valence-electron chi connectivity index (χ0n) is 23.0. The van der Waals surface area contributed by atoms with Gasteiger partial charge in [-0.15, -0.1) is 0 Å². The Labute approximate surface area is 237 Å². The van der Waals surface area contributed by atoms with Gasteiger partial charge in [-0.3, -0.25) is 0 Å². The molecule has 2 aliphatic heterocycles. The van der Waals surface area contributed by atoms with Crippen molar-refractivity contribution < 1.29 is 28.1 Å². The van der Waals surface area contributed by atoms with Crippen LogP contribution in [-0.2, 0) is 23.4 Å². The summed E-state index contributed by atoms with van der Waals surface area (Å²) in [7, 11) is -2.79. The molecule has 2 saturated heterocycles. The Kier molecular flexibility index (Phi) is 7.97. The van der Waals surface area contributed by atoms with Crippen LogP contribution >= 0.6 is 12.2 Å². The Morgan fingerprint density at radius 2 is 1.38 bits per heavy atom. The van der Waals surface area contributed by atoms with Gasteiger partial charge in [0.2, 0.25) is 0 Å². The van der Waals surface area contributed by atoms with Crippen LogP contribution in [0.15, 0.2) is 91.0 Å². The van der Waals surface area contributed by atoms with Crippen molar-refractivity contribution in [2.45, 2.75) is 70.0 Å². The van der Waals surface area contributed by atoms with Gasteiger partial charge in [-0.25, -0.2) is 0 Å². The van der Waals surface area contributed by atoms with Gasteiger partial charge in [-0.1, -0.05) is 99.6 Å². The highest BCUT2D eigenvalue weighted by Gasteiger charge is 2.58. The average Bonchev–Trinajstić information content (AvgIpc) is 3.37. The van der Waals surface area contributed by atoms with Crippen LogP contribution in [0.2, 0.25) is 5.04 Å². The molecule has 206 valence electrons. The largest absolute Gasteiger partial charge is 0.447 e. The molecule has 8 heteroatoms. The van der Waals surface area contributed by atoms with Crippen molar-refractivity contribution in [3.8, 4) is 5.75 Å². The Hall–Kier alpha value is -2.59. The molecule has 0 radical (unpaired) electrons. The molecule has 0 saturated carbocycles. The van der Waals surface area contributed by atoms with Crippen LogP contribution in [0.5, 0.6) is 5.75 Å². The van der Waals surface area contributed by atoms with E-state index in [0.29, 0.717) is 5.75 Å². The van der Waals surface area contributed by atoms with Crippen molar-refractivity contribution in [3.63, 3.8) is 0 Å². The van der Waals surface area contributed by atoms with Crippen LogP contribution in [0.4, 0.5) is 0 Å². The van der Waals surface area contributed by atoms with Crippen LogP contribution < -0.4 is 15.1 Å². The Balaban J connectivity index is 1.44. The van der Waals surface area contributed by atoms with E-state index in [2.05, 4.69) is 69.3 Å². The van der Waals surface area contributed by atoms with E-state index in [9.17, 15) is 0 Å². The molecule has 3 aromatic carbocycles. The highest BCUT2D eigenvalue weighted by molar-refractivity contribution is 7.79. The molecule has 0 amide bonds. The lowest BCUT2D eigenvalue weighted by Crippen LogP contribution is -2.67. The second-order valence-corrected chi connectivity index (χ2v) is 16.0. The number of para-hydroxylation sites is 1. The first-order valence-electron chi connectivity index (χ1n) is 13.3. The standard InChI is InChI=1S/C31H36O6SSi/c1-30(2,3)39(23-17-11-7-12-18-23,24-19-13-8-14-20-24)32-21-25-26(27-28(34-25)37-31(4,5)36-27)35-29(38)33-22-15-9-6-10-16-22/h6-20,25-28H,21H2,1-5H3/t25-,26-,27+,28+/m1/s1. The third kappa shape index (κ3) is 5.82. The summed E-state index contributed by atoms with van der Waals surface area (Å²) in [4.78, 5) is 0. The van der Waals surface area contributed by atoms with E-state index in [4.69, 9.17) is 40.3 Å². The normalized spacial score (nSPS) is 24.2. The van der Waals surface area contributed by atoms with Gasteiger partial charge in [-0.2, -0.15) is 0 Å². The van der Waals surface area contributed by atoms with Crippen molar-refractivity contribution in [3.05, 3.63) is 91.0 Å². The van der Waals surface area contributed by atoms with E-state index < -0.39 is 38.7 Å². The van der Waals surface area contributed by atoms with Crippen LogP contribution in [0.25, 0.3) is 0 Å². The smallest absolute Gasteiger partial charge is 0.358 e. The third-order valence-electron chi connectivity index (χ3n) is 7.14. The molecule has 2 fully saturated rings. The number of benzene rings is 3. The van der Waals surface area contributed by atoms with Gasteiger partial charge in [0, 0.05) is 12.2 Å². The summed E-state index contributed by atoms with van der Waals surface area (Å²) in [6.07, 6.45) is -2.15. The average molecular weight is 565 g/mol. The van der Waals surface area contributed by atoms with E-state index in [1.165, 1.54) is 10.4 Å². The minimum Gasteiger partial charge on any atom is -0.447 e. The summed E-state index contributed by atoms with van der Waals surface area (Å²) < 4.78 is 37.8. The maximum absolute atomic E-state index is 7.14. The van der Waals surface area contributed by atoms with Gasteiger partial charge >= 0.3 is 5.24 Å². The summed E-state index contributed by atoms with van der Waals surface area (Å²) in [5.41, 5.74) is 0. The SMILES string of the molecule is CC1(C)O[C@@H]2O[C@H](CO[Si](c3ccccc3)(c3ccccc3)C(C)(C)C)[C@@H](OC(=S)Oc3ccccc3)[C@@H]2O1. The zero-order valence-corrected chi connectivity index (χ0v) is 24.9. The molecule has 0 unspecified atom stereocenters. The molecule has 0 bridgehead atoms. The number of thiocarbonyl (C=S) groups is 1. The first kappa shape index (κ1) is 28.0. The maximum atomic E-state index is 7.14. The molecule has 0 spiro atoms. The monoisotopic (exact) mass is 564 g/mol. The fourth-order valence-corrected chi connectivity index (χ4v) is 10.3. The number of ether oxygens (including phenoxy) is 5. The van der Waals surface area contributed by atoms with Gasteiger partial charge in [0.15, 0.2) is 24.3 Å². The third-order valence-corrected chi connectivity index (χ3v) is 12.3. The first-order valence-corrected chi connectivity index (χ1v) is 15.6. The lowest BCUT2D eigenvalue weighted by molar-refractivity contribution is -0.217. The van der Waals surface area contributed by atoms with E-state index in [0.717, 1.165) is 0 Å². The van der Waals surface area contributed by atoms with E-state index in [-0.39, 0.29) is 16.9 Å². The van der Waals surface area contributed by atoms with Gasteiger partial charge in [0.1, 0.15) is 11.9 Å². The molecule has 0 aromatic heterocycles. The minimum absolute atomic E-state index is 0.000737. The van der Waals surface area contributed by atoms with E-state index >= 15 is 0 Å². The van der Waals surface area contributed by atoms with Crippen LogP contribution in [0, 0.1) is 0 Å². The quantitative estimate of drug-likeness (QED) is 0.289. The van der Waals surface area contributed by atoms with Crippen molar-refractivity contribution in [2.24, 2.45) is 0 Å². The Morgan fingerprint density at radius 3 is 1.92 bits per heavy atom. The topological polar surface area (TPSA) is 55.4 Å². The van der Waals surface area contributed by atoms with Gasteiger partial charge in [0.25, 0.3) is 8.32 Å². The summed E-state index contributed by atoms with van der Waals surface area (Å²) in [5.74, 6) is -0.204. The molecule has 0 N–H and O–H groups in total. The van der Waals surface area contributed by atoms with Crippen LogP contribution in [0.3, 0.4) is 0 Å². The molecular weight excluding hydrogens is 528 g/mol. The second kappa shape index (κ2) is 11.1. The van der Waals surface area contributed by atoms with Gasteiger partial charge in [0.05, 0.1) is 6.61 Å². The lowest BCUT2D eigenvalue weighted by atomic mass is 10.1. The van der Waals surface area contributed by atoms with Gasteiger partial charge < -0.3 is 28.1 Å². The maximum Gasteiger partial charge on any atom is 0.358 e. The van der Waals surface area contributed by atoms with Crippen molar-refractivity contribution >= 4 is 36.1 Å². The zero-order chi connectivity index (χ0) is 27.7. The van der Waals surface area contributed by atoms with E-state index in [1.807, 2.05) is 56.3 Å². The first-order chi connectivity index (χ1) is 18.6. The predicted molar refractivity (Wildman–Crippen MR) is 157 cm³/mol. The molecule has 4 atom stereocenters. The van der Waals surface area contributed by atoms with Crippen molar-refractivity contribution in [1.82, 2.24) is 0 Å². The number of fused-ring (bicyclic) bond motifs is 1. The molecule has 6 nitrogen and oxygen atoms in total. The molecule has 39 heavy (non-hydrogen) atoms. The summed E-state index contributed by atoms with van der Waals surface area (Å²) in [6.45, 7) is 10.7. The fourth-order valence-electron chi connectivity index (χ4n) is 5.51. The minimum atomic E-state index is -2.79. The Morgan fingerprint density at radius 1 is 0.846 bits per heavy atom. The van der Waals surface area contributed by atoms with Crippen molar-refractivity contribution in [2.75, 3.05) is 6.61 Å². The summed E-state index contributed by atoms with van der Waals surface area (Å²) in [6, 6.07) is 30.3. The summed E-state index contributed by atoms with van der Waals surface area (Å²) >= 11 is 5.48. The number of hydrogen-bond acceptors (Lipinski definition) is 7. The fraction of sp³-hybridized carbons (Fsp3) is 0.387. The molecule has 2 heterocycles. The molecule has 0 aliphatic carbocycles. The van der Waals surface area contributed by atoms with Crippen LogP contribution in [-0.4, -0.2) is 50.6 Å². The number of rotatable bonds is 7. The molecule has 2 aliphatic rings. The molecule has 5 rings (SSSR count). The van der Waals surface area contributed by atoms with Crippen LogP contribution in [0.1, 0.15) is 34.6 Å². The summed E-state index contributed by atoms with van der Waals surface area (Å²) in [5, 5.41) is 2.20. The number of hydrogen-bond donors (Lipinski definition) is 0.